The van der Waals surface area contributed by atoms with Crippen molar-refractivity contribution < 1.29 is 14.3 Å². The van der Waals surface area contributed by atoms with E-state index in [-0.39, 0.29) is 24.1 Å². The molecule has 4 rings (SSSR count). The van der Waals surface area contributed by atoms with Gasteiger partial charge < -0.3 is 26.4 Å². The molecule has 5 N–H and O–H groups in total. The standard InChI is InChI=1S/C25H31N5O3/c1-27-24(29-15-17-8-10-18(11-9-17)23(32)28-16-22(26)31)30-20-14-25(12-4-5-13-25)33-21-7-3-2-6-19(20)21/h2-3,6-11,20H,4-5,12-16H2,1H3,(H2,26,31)(H,28,32)(H2,27,29,30). The van der Waals surface area contributed by atoms with E-state index in [9.17, 15) is 9.59 Å². The van der Waals surface area contributed by atoms with Gasteiger partial charge in [-0.2, -0.15) is 0 Å². The molecule has 2 aliphatic rings. The SMILES string of the molecule is CN=C(NCc1ccc(C(=O)NCC(N)=O)cc1)NC1CC2(CCCC2)Oc2ccccc21. The summed E-state index contributed by atoms with van der Waals surface area (Å²) in [6.45, 7) is 0.375. The van der Waals surface area contributed by atoms with Gasteiger partial charge in [0.25, 0.3) is 5.91 Å². The molecule has 2 amide bonds. The highest BCUT2D eigenvalue weighted by Gasteiger charge is 2.43. The summed E-state index contributed by atoms with van der Waals surface area (Å²) in [4.78, 5) is 27.3. The number of carbonyl (C=O) groups excluding carboxylic acids is 2. The van der Waals surface area contributed by atoms with Gasteiger partial charge in [0.05, 0.1) is 12.6 Å². The molecule has 1 aliphatic heterocycles. The second-order valence-corrected chi connectivity index (χ2v) is 8.70. The smallest absolute Gasteiger partial charge is 0.251 e. The van der Waals surface area contributed by atoms with Gasteiger partial charge in [-0.25, -0.2) is 0 Å². The summed E-state index contributed by atoms with van der Waals surface area (Å²) in [7, 11) is 1.76. The van der Waals surface area contributed by atoms with Crippen molar-refractivity contribution >= 4 is 17.8 Å². The molecule has 2 aromatic carbocycles. The van der Waals surface area contributed by atoms with Crippen molar-refractivity contribution in [3.8, 4) is 5.75 Å². The van der Waals surface area contributed by atoms with Gasteiger partial charge in [0.1, 0.15) is 11.4 Å². The summed E-state index contributed by atoms with van der Waals surface area (Å²) in [6.07, 6.45) is 5.51. The van der Waals surface area contributed by atoms with Crippen molar-refractivity contribution in [1.82, 2.24) is 16.0 Å². The molecule has 1 spiro atoms. The number of aliphatic imine (C=N–C) groups is 1. The van der Waals surface area contributed by atoms with Crippen LogP contribution in [0.1, 0.15) is 59.6 Å². The maximum atomic E-state index is 12.0. The summed E-state index contributed by atoms with van der Waals surface area (Å²) in [6, 6.07) is 15.5. The third-order valence-electron chi connectivity index (χ3n) is 6.35. The first-order valence-corrected chi connectivity index (χ1v) is 11.4. The Balaban J connectivity index is 1.38. The Labute approximate surface area is 194 Å². The number of hydrogen-bond donors (Lipinski definition) is 4. The van der Waals surface area contributed by atoms with Crippen LogP contribution >= 0.6 is 0 Å². The van der Waals surface area contributed by atoms with E-state index < -0.39 is 5.91 Å². The largest absolute Gasteiger partial charge is 0.487 e. The van der Waals surface area contributed by atoms with Gasteiger partial charge in [0.2, 0.25) is 5.91 Å². The number of primary amides is 1. The van der Waals surface area contributed by atoms with Gasteiger partial charge in [-0.3, -0.25) is 14.6 Å². The van der Waals surface area contributed by atoms with E-state index in [2.05, 4.69) is 33.1 Å². The number of benzene rings is 2. The molecule has 0 bridgehead atoms. The first kappa shape index (κ1) is 22.6. The predicted octanol–water partition coefficient (Wildman–Crippen LogP) is 2.40. The van der Waals surface area contributed by atoms with Crippen molar-refractivity contribution in [3.05, 3.63) is 65.2 Å². The fraction of sp³-hybridized carbons (Fsp3) is 0.400. The molecule has 1 aliphatic carbocycles. The minimum Gasteiger partial charge on any atom is -0.487 e. The van der Waals surface area contributed by atoms with Crippen molar-refractivity contribution in [2.45, 2.75) is 50.3 Å². The van der Waals surface area contributed by atoms with E-state index in [1.807, 2.05) is 24.3 Å². The third-order valence-corrected chi connectivity index (χ3v) is 6.35. The van der Waals surface area contributed by atoms with Gasteiger partial charge in [-0.05, 0) is 49.4 Å². The average Bonchev–Trinajstić information content (AvgIpc) is 3.27. The molecule has 174 valence electrons. The van der Waals surface area contributed by atoms with Crippen LogP contribution in [0.2, 0.25) is 0 Å². The Kier molecular flexibility index (Phi) is 6.82. The summed E-state index contributed by atoms with van der Waals surface area (Å²) in [5, 5.41) is 9.44. The van der Waals surface area contributed by atoms with Crippen LogP contribution in [-0.2, 0) is 11.3 Å². The summed E-state index contributed by atoms with van der Waals surface area (Å²) in [5.41, 5.74) is 7.61. The molecule has 0 aromatic heterocycles. The Morgan fingerprint density at radius 2 is 1.82 bits per heavy atom. The molecule has 1 heterocycles. The van der Waals surface area contributed by atoms with Gasteiger partial charge in [-0.15, -0.1) is 0 Å². The van der Waals surface area contributed by atoms with Crippen molar-refractivity contribution in [3.63, 3.8) is 0 Å². The van der Waals surface area contributed by atoms with Gasteiger partial charge >= 0.3 is 0 Å². The summed E-state index contributed by atoms with van der Waals surface area (Å²) >= 11 is 0. The van der Waals surface area contributed by atoms with Gasteiger partial charge in [0, 0.05) is 31.1 Å². The molecule has 1 atom stereocenters. The molecule has 1 fully saturated rings. The van der Waals surface area contributed by atoms with Crippen LogP contribution in [0, 0.1) is 0 Å². The minimum absolute atomic E-state index is 0.0875. The maximum Gasteiger partial charge on any atom is 0.251 e. The number of hydrogen-bond acceptors (Lipinski definition) is 4. The molecular formula is C25H31N5O3. The van der Waals surface area contributed by atoms with Crippen molar-refractivity contribution in [2.24, 2.45) is 10.7 Å². The molecule has 1 unspecified atom stereocenters. The lowest BCUT2D eigenvalue weighted by Crippen LogP contribution is -2.46. The minimum atomic E-state index is -0.575. The van der Waals surface area contributed by atoms with Crippen molar-refractivity contribution in [2.75, 3.05) is 13.6 Å². The summed E-state index contributed by atoms with van der Waals surface area (Å²) < 4.78 is 6.46. The Morgan fingerprint density at radius 1 is 1.09 bits per heavy atom. The highest BCUT2D eigenvalue weighted by atomic mass is 16.5. The van der Waals surface area contributed by atoms with Crippen LogP contribution < -0.4 is 26.4 Å². The number of guanidine groups is 1. The molecule has 8 nitrogen and oxygen atoms in total. The number of amides is 2. The zero-order valence-corrected chi connectivity index (χ0v) is 18.9. The first-order valence-electron chi connectivity index (χ1n) is 11.4. The summed E-state index contributed by atoms with van der Waals surface area (Å²) in [5.74, 6) is 0.774. The van der Waals surface area contributed by atoms with E-state index in [0.29, 0.717) is 18.1 Å². The molecule has 33 heavy (non-hydrogen) atoms. The van der Waals surface area contributed by atoms with E-state index >= 15 is 0 Å². The van der Waals surface area contributed by atoms with Crippen LogP contribution in [0.4, 0.5) is 0 Å². The Morgan fingerprint density at radius 3 is 2.52 bits per heavy atom. The van der Waals surface area contributed by atoms with Crippen LogP contribution in [-0.4, -0.2) is 37.0 Å². The van der Waals surface area contributed by atoms with E-state index in [4.69, 9.17) is 10.5 Å². The monoisotopic (exact) mass is 449 g/mol. The van der Waals surface area contributed by atoms with Crippen LogP contribution in [0.25, 0.3) is 0 Å². The lowest BCUT2D eigenvalue weighted by molar-refractivity contribution is -0.117. The maximum absolute atomic E-state index is 12.0. The fourth-order valence-corrected chi connectivity index (χ4v) is 4.66. The van der Waals surface area contributed by atoms with E-state index in [1.165, 1.54) is 12.8 Å². The lowest BCUT2D eigenvalue weighted by Gasteiger charge is -2.40. The lowest BCUT2D eigenvalue weighted by atomic mass is 9.86. The van der Waals surface area contributed by atoms with Crippen LogP contribution in [0.5, 0.6) is 5.75 Å². The third kappa shape index (κ3) is 5.45. The van der Waals surface area contributed by atoms with Crippen molar-refractivity contribution in [1.29, 1.82) is 0 Å². The van der Waals surface area contributed by atoms with E-state index in [1.54, 1.807) is 19.2 Å². The Hall–Kier alpha value is -3.55. The first-order chi connectivity index (χ1) is 16.0. The molecular weight excluding hydrogens is 418 g/mol. The second-order valence-electron chi connectivity index (χ2n) is 8.70. The van der Waals surface area contributed by atoms with Crippen LogP contribution in [0.3, 0.4) is 0 Å². The highest BCUT2D eigenvalue weighted by Crippen LogP contribution is 2.46. The number of carbonyl (C=O) groups is 2. The number of nitrogens with two attached hydrogens (primary N) is 1. The van der Waals surface area contributed by atoms with Crippen LogP contribution in [0.15, 0.2) is 53.5 Å². The highest BCUT2D eigenvalue weighted by molar-refractivity contribution is 5.96. The normalized spacial score (nSPS) is 18.8. The number of nitrogens with one attached hydrogen (secondary N) is 3. The molecule has 2 aromatic rings. The number of nitrogens with zero attached hydrogens (tertiary/aromatic N) is 1. The average molecular weight is 450 g/mol. The number of ether oxygens (including phenoxy) is 1. The quantitative estimate of drug-likeness (QED) is 0.399. The molecule has 0 radical (unpaired) electrons. The second kappa shape index (κ2) is 9.94. The van der Waals surface area contributed by atoms with Gasteiger partial charge in [-0.1, -0.05) is 30.3 Å². The number of rotatable bonds is 6. The predicted molar refractivity (Wildman–Crippen MR) is 127 cm³/mol. The molecule has 0 saturated heterocycles. The number of fused-ring (bicyclic) bond motifs is 1. The zero-order valence-electron chi connectivity index (χ0n) is 18.9. The van der Waals surface area contributed by atoms with Gasteiger partial charge in [0.15, 0.2) is 5.96 Å². The molecule has 8 heteroatoms. The zero-order chi connectivity index (χ0) is 23.3. The molecule has 1 saturated carbocycles. The number of para-hydroxylation sites is 1. The Bertz CT molecular complexity index is 1030. The topological polar surface area (TPSA) is 118 Å². The fourth-order valence-electron chi connectivity index (χ4n) is 4.66. The van der Waals surface area contributed by atoms with E-state index in [0.717, 1.165) is 36.1 Å².